The smallest absolute Gasteiger partial charge is 0.241 e. The fraction of sp³-hybridized carbons (Fsp3) is 0.600. The molecule has 0 saturated heterocycles. The van der Waals surface area contributed by atoms with Crippen molar-refractivity contribution in [1.29, 1.82) is 0 Å². The molecule has 2 rings (SSSR count). The van der Waals surface area contributed by atoms with Crippen LogP contribution in [-0.2, 0) is 27.5 Å². The van der Waals surface area contributed by atoms with E-state index in [2.05, 4.69) is 10.3 Å². The number of amides is 1. The quantitative estimate of drug-likeness (QED) is 0.889. The summed E-state index contributed by atoms with van der Waals surface area (Å²) in [4.78, 5) is 17.0. The van der Waals surface area contributed by atoms with Gasteiger partial charge in [0.1, 0.15) is 5.75 Å². The van der Waals surface area contributed by atoms with Gasteiger partial charge in [-0.3, -0.25) is 4.79 Å². The first-order valence-corrected chi connectivity index (χ1v) is 8.13. The van der Waals surface area contributed by atoms with Gasteiger partial charge in [0.25, 0.3) is 0 Å². The van der Waals surface area contributed by atoms with Crippen LogP contribution in [-0.4, -0.2) is 30.8 Å². The van der Waals surface area contributed by atoms with Crippen LogP contribution < -0.4 is 5.32 Å². The molecule has 1 N–H and O–H groups in total. The summed E-state index contributed by atoms with van der Waals surface area (Å²) < 4.78 is 22.5. The molecule has 0 atom stereocenters. The zero-order valence-electron chi connectivity index (χ0n) is 9.52. The maximum absolute atomic E-state index is 11.5. The summed E-state index contributed by atoms with van der Waals surface area (Å²) in [6.07, 6.45) is 3.08. The number of sulfone groups is 1. The van der Waals surface area contributed by atoms with Gasteiger partial charge in [-0.05, 0) is 19.3 Å². The summed E-state index contributed by atoms with van der Waals surface area (Å²) in [6.45, 7) is 1.53. The molecule has 5 nitrogen and oxygen atoms in total. The molecule has 0 fully saturated rings. The van der Waals surface area contributed by atoms with E-state index >= 15 is 0 Å². The minimum atomic E-state index is -3.27. The second-order valence-corrected chi connectivity index (χ2v) is 7.40. The number of fused-ring (bicyclic) bond motifs is 1. The Morgan fingerprint density at radius 1 is 1.47 bits per heavy atom. The van der Waals surface area contributed by atoms with E-state index in [9.17, 15) is 13.2 Å². The van der Waals surface area contributed by atoms with Gasteiger partial charge in [0.2, 0.25) is 5.91 Å². The number of nitrogens with one attached hydrogen (secondary N) is 1. The molecule has 1 aromatic heterocycles. The number of thiazole rings is 1. The molecule has 0 spiro atoms. The Morgan fingerprint density at radius 2 is 2.24 bits per heavy atom. The number of anilines is 1. The van der Waals surface area contributed by atoms with Crippen molar-refractivity contribution < 1.29 is 13.2 Å². The molecule has 7 heteroatoms. The maximum Gasteiger partial charge on any atom is 0.241 e. The number of hydrogen-bond acceptors (Lipinski definition) is 5. The third kappa shape index (κ3) is 3.04. The van der Waals surface area contributed by atoms with Crippen LogP contribution in [0, 0.1) is 0 Å². The molecule has 0 saturated carbocycles. The molecule has 0 aliphatic heterocycles. The number of aromatic nitrogens is 1. The lowest BCUT2D eigenvalue weighted by Crippen LogP contribution is -2.23. The van der Waals surface area contributed by atoms with Gasteiger partial charge in [-0.1, -0.05) is 6.92 Å². The summed E-state index contributed by atoms with van der Waals surface area (Å²) in [5.74, 6) is -0.984. The van der Waals surface area contributed by atoms with Crippen LogP contribution in [0.3, 0.4) is 0 Å². The predicted octanol–water partition coefficient (Wildman–Crippen LogP) is 1.01. The molecule has 1 amide bonds. The monoisotopic (exact) mass is 274 g/mol. The number of rotatable bonds is 4. The standard InChI is InChI=1S/C10H14N2O3S2/c1-2-17(14,15)6-9(13)12-10-11-7-4-3-5-8(7)16-10/h2-6H2,1H3,(H,11,12,13). The summed E-state index contributed by atoms with van der Waals surface area (Å²) >= 11 is 1.45. The van der Waals surface area contributed by atoms with E-state index in [0.29, 0.717) is 5.13 Å². The Bertz CT molecular complexity index is 512. The Balaban J connectivity index is 1.99. The molecule has 0 radical (unpaired) electrons. The zero-order chi connectivity index (χ0) is 12.5. The first kappa shape index (κ1) is 12.5. The zero-order valence-corrected chi connectivity index (χ0v) is 11.2. The SMILES string of the molecule is CCS(=O)(=O)CC(=O)Nc1nc2c(s1)CCC2. The van der Waals surface area contributed by atoms with Crippen molar-refractivity contribution in [2.75, 3.05) is 16.8 Å². The van der Waals surface area contributed by atoms with E-state index < -0.39 is 21.5 Å². The normalized spacial score (nSPS) is 14.6. The summed E-state index contributed by atoms with van der Waals surface area (Å²) in [7, 11) is -3.27. The fourth-order valence-corrected chi connectivity index (χ4v) is 3.44. The van der Waals surface area contributed by atoms with Crippen LogP contribution in [0.25, 0.3) is 0 Å². The van der Waals surface area contributed by atoms with E-state index in [0.717, 1.165) is 25.0 Å². The van der Waals surface area contributed by atoms with Gasteiger partial charge in [-0.25, -0.2) is 13.4 Å². The number of nitrogens with zero attached hydrogens (tertiary/aromatic N) is 1. The Labute approximate surface area is 104 Å². The van der Waals surface area contributed by atoms with Crippen LogP contribution in [0.4, 0.5) is 5.13 Å². The van der Waals surface area contributed by atoms with E-state index in [-0.39, 0.29) is 5.75 Å². The fourth-order valence-electron chi connectivity index (χ4n) is 1.70. The molecule has 0 bridgehead atoms. The molecule has 1 aromatic rings. The van der Waals surface area contributed by atoms with Crippen LogP contribution in [0.5, 0.6) is 0 Å². The molecular formula is C10H14N2O3S2. The highest BCUT2D eigenvalue weighted by molar-refractivity contribution is 7.92. The topological polar surface area (TPSA) is 76.1 Å². The lowest BCUT2D eigenvalue weighted by molar-refractivity contribution is -0.113. The van der Waals surface area contributed by atoms with E-state index in [4.69, 9.17) is 0 Å². The average molecular weight is 274 g/mol. The molecule has 0 aromatic carbocycles. The van der Waals surface area contributed by atoms with E-state index in [1.165, 1.54) is 23.1 Å². The largest absolute Gasteiger partial charge is 0.301 e. The lowest BCUT2D eigenvalue weighted by Gasteiger charge is -2.01. The molecule has 1 aliphatic carbocycles. The van der Waals surface area contributed by atoms with Gasteiger partial charge in [0, 0.05) is 10.6 Å². The van der Waals surface area contributed by atoms with Gasteiger partial charge in [-0.15, -0.1) is 11.3 Å². The molecule has 1 aliphatic rings. The van der Waals surface area contributed by atoms with Crippen molar-refractivity contribution in [3.63, 3.8) is 0 Å². The summed E-state index contributed by atoms with van der Waals surface area (Å²) in [5, 5.41) is 3.07. The van der Waals surface area contributed by atoms with Gasteiger partial charge in [-0.2, -0.15) is 0 Å². The Morgan fingerprint density at radius 3 is 2.88 bits per heavy atom. The van der Waals surface area contributed by atoms with E-state index in [1.807, 2.05) is 0 Å². The second-order valence-electron chi connectivity index (χ2n) is 3.97. The van der Waals surface area contributed by atoms with Crippen molar-refractivity contribution in [2.45, 2.75) is 26.2 Å². The molecule has 17 heavy (non-hydrogen) atoms. The molecule has 94 valence electrons. The predicted molar refractivity (Wildman–Crippen MR) is 67.1 cm³/mol. The van der Waals surface area contributed by atoms with E-state index in [1.54, 1.807) is 0 Å². The molecule has 1 heterocycles. The van der Waals surface area contributed by atoms with Crippen LogP contribution >= 0.6 is 11.3 Å². The summed E-state index contributed by atoms with van der Waals surface area (Å²) in [5.41, 5.74) is 1.05. The number of carbonyl (C=O) groups excluding carboxylic acids is 1. The molecular weight excluding hydrogens is 260 g/mol. The third-order valence-electron chi connectivity index (χ3n) is 2.63. The van der Waals surface area contributed by atoms with Gasteiger partial charge in [0.15, 0.2) is 15.0 Å². The van der Waals surface area contributed by atoms with Crippen molar-refractivity contribution in [1.82, 2.24) is 4.98 Å². The average Bonchev–Trinajstić information content (AvgIpc) is 2.76. The van der Waals surface area contributed by atoms with Crippen molar-refractivity contribution in [2.24, 2.45) is 0 Å². The highest BCUT2D eigenvalue weighted by Crippen LogP contribution is 2.30. The van der Waals surface area contributed by atoms with Crippen molar-refractivity contribution >= 4 is 32.2 Å². The summed E-state index contributed by atoms with van der Waals surface area (Å²) in [6, 6.07) is 0. The maximum atomic E-state index is 11.5. The number of hydrogen-bond donors (Lipinski definition) is 1. The Kier molecular flexibility index (Phi) is 3.48. The minimum absolute atomic E-state index is 0.0191. The van der Waals surface area contributed by atoms with Gasteiger partial charge < -0.3 is 5.32 Å². The third-order valence-corrected chi connectivity index (χ3v) is 5.29. The van der Waals surface area contributed by atoms with Crippen LogP contribution in [0.2, 0.25) is 0 Å². The Hall–Kier alpha value is -0.950. The van der Waals surface area contributed by atoms with Crippen LogP contribution in [0.15, 0.2) is 0 Å². The first-order chi connectivity index (χ1) is 8.00. The first-order valence-electron chi connectivity index (χ1n) is 5.49. The number of aryl methyl sites for hydroxylation is 2. The highest BCUT2D eigenvalue weighted by atomic mass is 32.2. The number of carbonyl (C=O) groups is 1. The van der Waals surface area contributed by atoms with Crippen LogP contribution in [0.1, 0.15) is 23.9 Å². The minimum Gasteiger partial charge on any atom is -0.301 e. The van der Waals surface area contributed by atoms with Crippen molar-refractivity contribution in [3.8, 4) is 0 Å². The second kappa shape index (κ2) is 4.73. The lowest BCUT2D eigenvalue weighted by atomic mass is 10.4. The highest BCUT2D eigenvalue weighted by Gasteiger charge is 2.19. The van der Waals surface area contributed by atoms with Gasteiger partial charge in [0.05, 0.1) is 5.69 Å². The molecule has 0 unspecified atom stereocenters. The van der Waals surface area contributed by atoms with Crippen molar-refractivity contribution in [3.05, 3.63) is 10.6 Å². The van der Waals surface area contributed by atoms with Gasteiger partial charge >= 0.3 is 0 Å².